The average molecular weight is 354 g/mol. The second kappa shape index (κ2) is 7.94. The highest BCUT2D eigenvalue weighted by molar-refractivity contribution is 5.95. The van der Waals surface area contributed by atoms with Gasteiger partial charge in [0.25, 0.3) is 0 Å². The van der Waals surface area contributed by atoms with Crippen LogP contribution in [0.5, 0.6) is 0 Å². The van der Waals surface area contributed by atoms with E-state index in [-0.39, 0.29) is 5.91 Å². The van der Waals surface area contributed by atoms with E-state index in [1.165, 1.54) is 12.8 Å². The number of aryl methyl sites for hydroxylation is 1. The standard InChI is InChI=1S/C21H30N4O/c1-15(2)14-25-17(4)18(16(3)23-25)13-21(26)22-19-9-5-6-10-20(19)24-11-7-8-12-24/h5-6,9-10,15H,7-8,11-14H2,1-4H3,(H,22,26). The summed E-state index contributed by atoms with van der Waals surface area (Å²) >= 11 is 0. The van der Waals surface area contributed by atoms with Crippen LogP contribution < -0.4 is 10.2 Å². The van der Waals surface area contributed by atoms with Gasteiger partial charge in [-0.15, -0.1) is 0 Å². The highest BCUT2D eigenvalue weighted by Gasteiger charge is 2.19. The number of nitrogens with zero attached hydrogens (tertiary/aromatic N) is 3. The number of nitrogens with one attached hydrogen (secondary N) is 1. The number of anilines is 2. The zero-order valence-electron chi connectivity index (χ0n) is 16.4. The van der Waals surface area contributed by atoms with Crippen molar-refractivity contribution in [2.24, 2.45) is 5.92 Å². The van der Waals surface area contributed by atoms with Crippen LogP contribution in [0.4, 0.5) is 11.4 Å². The summed E-state index contributed by atoms with van der Waals surface area (Å²) < 4.78 is 2.03. The summed E-state index contributed by atoms with van der Waals surface area (Å²) in [6.45, 7) is 11.4. The third-order valence-electron chi connectivity index (χ3n) is 5.03. The number of hydrogen-bond donors (Lipinski definition) is 1. The van der Waals surface area contributed by atoms with Crippen LogP contribution in [-0.4, -0.2) is 28.8 Å². The van der Waals surface area contributed by atoms with E-state index in [2.05, 4.69) is 42.2 Å². The van der Waals surface area contributed by atoms with Gasteiger partial charge in [0.2, 0.25) is 5.91 Å². The first-order valence-corrected chi connectivity index (χ1v) is 9.62. The summed E-state index contributed by atoms with van der Waals surface area (Å²) in [5.74, 6) is 0.550. The van der Waals surface area contributed by atoms with Crippen molar-refractivity contribution in [1.29, 1.82) is 0 Å². The lowest BCUT2D eigenvalue weighted by molar-refractivity contribution is -0.115. The molecule has 1 aliphatic heterocycles. The fourth-order valence-corrected chi connectivity index (χ4v) is 3.68. The molecule has 1 aliphatic rings. The maximum atomic E-state index is 12.7. The zero-order chi connectivity index (χ0) is 18.7. The van der Waals surface area contributed by atoms with Crippen LogP contribution in [0.1, 0.15) is 43.6 Å². The van der Waals surface area contributed by atoms with Crippen LogP contribution in [0.2, 0.25) is 0 Å². The van der Waals surface area contributed by atoms with Crippen molar-refractivity contribution in [2.75, 3.05) is 23.3 Å². The van der Waals surface area contributed by atoms with Crippen molar-refractivity contribution < 1.29 is 4.79 Å². The molecule has 1 saturated heterocycles. The van der Waals surface area contributed by atoms with E-state index in [1.54, 1.807) is 0 Å². The number of benzene rings is 1. The first-order valence-electron chi connectivity index (χ1n) is 9.62. The molecule has 26 heavy (non-hydrogen) atoms. The number of carbonyl (C=O) groups excluding carboxylic acids is 1. The van der Waals surface area contributed by atoms with Crippen molar-refractivity contribution in [2.45, 2.75) is 53.5 Å². The van der Waals surface area contributed by atoms with Gasteiger partial charge in [-0.05, 0) is 44.7 Å². The number of rotatable bonds is 6. The average Bonchev–Trinajstić information content (AvgIpc) is 3.20. The molecule has 1 aromatic heterocycles. The van der Waals surface area contributed by atoms with Crippen LogP contribution in [0.15, 0.2) is 24.3 Å². The summed E-state index contributed by atoms with van der Waals surface area (Å²) in [6.07, 6.45) is 2.80. The van der Waals surface area contributed by atoms with Gasteiger partial charge in [0, 0.05) is 30.9 Å². The van der Waals surface area contributed by atoms with Gasteiger partial charge in [-0.1, -0.05) is 26.0 Å². The van der Waals surface area contributed by atoms with E-state index in [9.17, 15) is 4.79 Å². The van der Waals surface area contributed by atoms with Gasteiger partial charge < -0.3 is 10.2 Å². The summed E-state index contributed by atoms with van der Waals surface area (Å²) in [5.41, 5.74) is 5.12. The maximum Gasteiger partial charge on any atom is 0.228 e. The van der Waals surface area contributed by atoms with E-state index < -0.39 is 0 Å². The second-order valence-electron chi connectivity index (χ2n) is 7.66. The molecule has 1 amide bonds. The quantitative estimate of drug-likeness (QED) is 0.855. The minimum atomic E-state index is 0.0203. The smallest absolute Gasteiger partial charge is 0.228 e. The fraction of sp³-hybridized carbons (Fsp3) is 0.524. The highest BCUT2D eigenvalue weighted by atomic mass is 16.1. The molecular formula is C21H30N4O. The Hall–Kier alpha value is -2.30. The lowest BCUT2D eigenvalue weighted by Gasteiger charge is -2.21. The summed E-state index contributed by atoms with van der Waals surface area (Å²) in [4.78, 5) is 15.1. The molecular weight excluding hydrogens is 324 g/mol. The van der Waals surface area contributed by atoms with Crippen LogP contribution in [-0.2, 0) is 17.8 Å². The van der Waals surface area contributed by atoms with E-state index in [0.717, 1.165) is 48.0 Å². The molecule has 0 radical (unpaired) electrons. The molecule has 0 unspecified atom stereocenters. The molecule has 0 atom stereocenters. The normalized spacial score (nSPS) is 14.3. The Morgan fingerprint density at radius 3 is 2.58 bits per heavy atom. The Morgan fingerprint density at radius 1 is 1.19 bits per heavy atom. The van der Waals surface area contributed by atoms with Gasteiger partial charge in [-0.25, -0.2) is 0 Å². The van der Waals surface area contributed by atoms with Crippen molar-refractivity contribution in [3.8, 4) is 0 Å². The molecule has 0 bridgehead atoms. The Kier molecular flexibility index (Phi) is 5.64. The monoisotopic (exact) mass is 354 g/mol. The van der Waals surface area contributed by atoms with Gasteiger partial charge in [0.05, 0.1) is 23.5 Å². The molecule has 2 heterocycles. The molecule has 5 nitrogen and oxygen atoms in total. The number of para-hydroxylation sites is 2. The van der Waals surface area contributed by atoms with Crippen LogP contribution in [0.25, 0.3) is 0 Å². The first kappa shape index (κ1) is 18.5. The zero-order valence-corrected chi connectivity index (χ0v) is 16.4. The Balaban J connectivity index is 1.73. The minimum absolute atomic E-state index is 0.0203. The van der Waals surface area contributed by atoms with Crippen molar-refractivity contribution in [3.05, 3.63) is 41.2 Å². The molecule has 3 rings (SSSR count). The first-order chi connectivity index (χ1) is 12.5. The van der Waals surface area contributed by atoms with Crippen molar-refractivity contribution in [3.63, 3.8) is 0 Å². The third kappa shape index (κ3) is 4.09. The molecule has 0 aliphatic carbocycles. The van der Waals surface area contributed by atoms with Crippen LogP contribution in [0.3, 0.4) is 0 Å². The molecule has 1 aromatic carbocycles. The number of amides is 1. The second-order valence-corrected chi connectivity index (χ2v) is 7.66. The Labute approximate surface area is 156 Å². The van der Waals surface area contributed by atoms with E-state index in [0.29, 0.717) is 12.3 Å². The third-order valence-corrected chi connectivity index (χ3v) is 5.03. The van der Waals surface area contributed by atoms with Gasteiger partial charge in [0.15, 0.2) is 0 Å². The molecule has 1 fully saturated rings. The van der Waals surface area contributed by atoms with E-state index in [4.69, 9.17) is 0 Å². The molecule has 0 saturated carbocycles. The highest BCUT2D eigenvalue weighted by Crippen LogP contribution is 2.29. The van der Waals surface area contributed by atoms with Crippen molar-refractivity contribution in [1.82, 2.24) is 9.78 Å². The summed E-state index contributed by atoms with van der Waals surface area (Å²) in [6, 6.07) is 8.10. The number of carbonyl (C=O) groups is 1. The predicted octanol–water partition coefficient (Wildman–Crippen LogP) is 3.94. The van der Waals surface area contributed by atoms with E-state index in [1.807, 2.05) is 29.8 Å². The van der Waals surface area contributed by atoms with Gasteiger partial charge >= 0.3 is 0 Å². The number of aromatic nitrogens is 2. The van der Waals surface area contributed by atoms with Gasteiger partial charge in [0.1, 0.15) is 0 Å². The SMILES string of the molecule is Cc1nn(CC(C)C)c(C)c1CC(=O)Nc1ccccc1N1CCCC1. The van der Waals surface area contributed by atoms with E-state index >= 15 is 0 Å². The molecule has 2 aromatic rings. The van der Waals surface area contributed by atoms with Crippen LogP contribution >= 0.6 is 0 Å². The topological polar surface area (TPSA) is 50.2 Å². The molecule has 0 spiro atoms. The molecule has 140 valence electrons. The Morgan fingerprint density at radius 2 is 1.88 bits per heavy atom. The number of hydrogen-bond acceptors (Lipinski definition) is 3. The molecule has 5 heteroatoms. The molecule has 1 N–H and O–H groups in total. The predicted molar refractivity (Wildman–Crippen MR) is 107 cm³/mol. The largest absolute Gasteiger partial charge is 0.370 e. The van der Waals surface area contributed by atoms with Crippen LogP contribution in [0, 0.1) is 19.8 Å². The Bertz CT molecular complexity index is 772. The lowest BCUT2D eigenvalue weighted by Crippen LogP contribution is -2.22. The van der Waals surface area contributed by atoms with Gasteiger partial charge in [-0.2, -0.15) is 5.10 Å². The maximum absolute atomic E-state index is 12.7. The fourth-order valence-electron chi connectivity index (χ4n) is 3.68. The summed E-state index contributed by atoms with van der Waals surface area (Å²) in [7, 11) is 0. The minimum Gasteiger partial charge on any atom is -0.370 e. The van der Waals surface area contributed by atoms with Crippen molar-refractivity contribution >= 4 is 17.3 Å². The summed E-state index contributed by atoms with van der Waals surface area (Å²) in [5, 5.41) is 7.74. The van der Waals surface area contributed by atoms with Gasteiger partial charge in [-0.3, -0.25) is 9.48 Å². The lowest BCUT2D eigenvalue weighted by atomic mass is 10.1.